The Morgan fingerprint density at radius 2 is 1.71 bits per heavy atom. The van der Waals surface area contributed by atoms with Crippen molar-refractivity contribution >= 4 is 34.2 Å². The van der Waals surface area contributed by atoms with Crippen LogP contribution in [0.15, 0.2) is 36.4 Å². The summed E-state index contributed by atoms with van der Waals surface area (Å²) in [6.45, 7) is 4.57. The minimum Gasteiger partial charge on any atom is -0.454 e. The van der Waals surface area contributed by atoms with Crippen molar-refractivity contribution in [3.8, 4) is 11.5 Å². The van der Waals surface area contributed by atoms with Crippen LogP contribution in [0, 0.1) is 6.92 Å². The standard InChI is InChI=1S/C24H21N5O5S/c1-14-25-26-24(35-14)28-8-6-27(7-9-28)21(30)16-3-4-17-18(11-16)23(32)29(22(17)31)12-15-2-5-19-20(10-15)34-13-33-19/h2-5,10-11H,6-9,12-13H2,1H3. The molecule has 0 unspecified atom stereocenters. The average molecular weight is 492 g/mol. The minimum atomic E-state index is -0.409. The zero-order valence-electron chi connectivity index (χ0n) is 18.9. The van der Waals surface area contributed by atoms with E-state index in [9.17, 15) is 14.4 Å². The molecule has 0 aliphatic carbocycles. The summed E-state index contributed by atoms with van der Waals surface area (Å²) >= 11 is 1.53. The van der Waals surface area contributed by atoms with Gasteiger partial charge in [-0.3, -0.25) is 19.3 Å². The number of benzene rings is 2. The van der Waals surface area contributed by atoms with Crippen molar-refractivity contribution in [3.63, 3.8) is 0 Å². The van der Waals surface area contributed by atoms with Crippen LogP contribution in [0.5, 0.6) is 11.5 Å². The summed E-state index contributed by atoms with van der Waals surface area (Å²) in [6.07, 6.45) is 0. The minimum absolute atomic E-state index is 0.110. The highest BCUT2D eigenvalue weighted by atomic mass is 32.1. The van der Waals surface area contributed by atoms with Gasteiger partial charge in [-0.1, -0.05) is 17.4 Å². The molecule has 0 saturated carbocycles. The summed E-state index contributed by atoms with van der Waals surface area (Å²) < 4.78 is 10.7. The predicted octanol–water partition coefficient (Wildman–Crippen LogP) is 2.33. The number of anilines is 1. The van der Waals surface area contributed by atoms with E-state index < -0.39 is 5.91 Å². The number of carbonyl (C=O) groups is 3. The highest BCUT2D eigenvalue weighted by molar-refractivity contribution is 7.15. The molecule has 11 heteroatoms. The Labute approximate surface area is 204 Å². The summed E-state index contributed by atoms with van der Waals surface area (Å²) in [4.78, 5) is 44.3. The van der Waals surface area contributed by atoms with E-state index in [0.717, 1.165) is 15.7 Å². The highest BCUT2D eigenvalue weighted by Gasteiger charge is 2.36. The van der Waals surface area contributed by atoms with Gasteiger partial charge in [0.05, 0.1) is 17.7 Å². The summed E-state index contributed by atoms with van der Waals surface area (Å²) in [7, 11) is 0. The summed E-state index contributed by atoms with van der Waals surface area (Å²) in [5.41, 5.74) is 1.71. The van der Waals surface area contributed by atoms with Crippen LogP contribution >= 0.6 is 11.3 Å². The van der Waals surface area contributed by atoms with Gasteiger partial charge in [0.1, 0.15) is 5.01 Å². The lowest BCUT2D eigenvalue weighted by Gasteiger charge is -2.34. The monoisotopic (exact) mass is 491 g/mol. The number of hydrogen-bond donors (Lipinski definition) is 0. The second-order valence-corrected chi connectivity index (χ2v) is 9.69. The second kappa shape index (κ2) is 8.35. The van der Waals surface area contributed by atoms with Crippen molar-refractivity contribution in [2.75, 3.05) is 37.9 Å². The van der Waals surface area contributed by atoms with E-state index >= 15 is 0 Å². The summed E-state index contributed by atoms with van der Waals surface area (Å²) in [5.74, 6) is 0.290. The third kappa shape index (κ3) is 3.77. The van der Waals surface area contributed by atoms with Gasteiger partial charge in [-0.25, -0.2) is 0 Å². The zero-order valence-corrected chi connectivity index (χ0v) is 19.7. The van der Waals surface area contributed by atoms with E-state index in [1.165, 1.54) is 22.3 Å². The Morgan fingerprint density at radius 3 is 2.49 bits per heavy atom. The number of fused-ring (bicyclic) bond motifs is 2. The van der Waals surface area contributed by atoms with Crippen LogP contribution in [-0.4, -0.2) is 70.7 Å². The molecule has 3 aromatic rings. The molecule has 1 aromatic heterocycles. The van der Waals surface area contributed by atoms with Gasteiger partial charge in [-0.2, -0.15) is 0 Å². The predicted molar refractivity (Wildman–Crippen MR) is 126 cm³/mol. The molecular weight excluding hydrogens is 470 g/mol. The molecule has 1 fully saturated rings. The van der Waals surface area contributed by atoms with Crippen molar-refractivity contribution in [2.45, 2.75) is 13.5 Å². The third-order valence-corrected chi connectivity index (χ3v) is 7.25. The van der Waals surface area contributed by atoms with Crippen LogP contribution in [0.4, 0.5) is 5.13 Å². The molecule has 0 N–H and O–H groups in total. The molecule has 0 radical (unpaired) electrons. The number of ether oxygens (including phenoxy) is 2. The maximum absolute atomic E-state index is 13.2. The Balaban J connectivity index is 1.16. The maximum Gasteiger partial charge on any atom is 0.261 e. The van der Waals surface area contributed by atoms with Gasteiger partial charge in [0.2, 0.25) is 11.9 Å². The topological polar surface area (TPSA) is 105 Å². The second-order valence-electron chi connectivity index (χ2n) is 8.53. The lowest BCUT2D eigenvalue weighted by atomic mass is 10.0. The molecule has 3 amide bonds. The summed E-state index contributed by atoms with van der Waals surface area (Å²) in [6, 6.07) is 10.1. The highest BCUT2D eigenvalue weighted by Crippen LogP contribution is 2.34. The number of carbonyl (C=O) groups excluding carboxylic acids is 3. The van der Waals surface area contributed by atoms with E-state index in [4.69, 9.17) is 9.47 Å². The van der Waals surface area contributed by atoms with E-state index in [-0.39, 0.29) is 30.7 Å². The normalized spacial score (nSPS) is 16.8. The largest absolute Gasteiger partial charge is 0.454 e. The van der Waals surface area contributed by atoms with Crippen molar-refractivity contribution < 1.29 is 23.9 Å². The van der Waals surface area contributed by atoms with E-state index in [1.807, 2.05) is 6.92 Å². The summed E-state index contributed by atoms with van der Waals surface area (Å²) in [5, 5.41) is 10.0. The third-order valence-electron chi connectivity index (χ3n) is 6.35. The maximum atomic E-state index is 13.2. The van der Waals surface area contributed by atoms with E-state index in [0.29, 0.717) is 48.8 Å². The van der Waals surface area contributed by atoms with Gasteiger partial charge in [0, 0.05) is 31.7 Å². The van der Waals surface area contributed by atoms with Crippen LogP contribution in [0.1, 0.15) is 41.6 Å². The van der Waals surface area contributed by atoms with Crippen LogP contribution in [-0.2, 0) is 6.54 Å². The van der Waals surface area contributed by atoms with Gasteiger partial charge >= 0.3 is 0 Å². The Morgan fingerprint density at radius 1 is 0.943 bits per heavy atom. The molecule has 10 nitrogen and oxygen atoms in total. The molecule has 35 heavy (non-hydrogen) atoms. The molecule has 3 aliphatic heterocycles. The smallest absolute Gasteiger partial charge is 0.261 e. The molecule has 4 heterocycles. The molecule has 2 aromatic carbocycles. The molecule has 6 rings (SSSR count). The van der Waals surface area contributed by atoms with Crippen molar-refractivity contribution in [3.05, 3.63) is 63.7 Å². The van der Waals surface area contributed by atoms with Crippen molar-refractivity contribution in [1.82, 2.24) is 20.0 Å². The number of hydrogen-bond acceptors (Lipinski definition) is 9. The first-order chi connectivity index (χ1) is 17.0. The molecule has 3 aliphatic rings. The first-order valence-corrected chi connectivity index (χ1v) is 12.0. The lowest BCUT2D eigenvalue weighted by Crippen LogP contribution is -2.48. The Kier molecular flexibility index (Phi) is 5.14. The number of aryl methyl sites for hydroxylation is 1. The fraction of sp³-hybridized carbons (Fsp3) is 0.292. The first kappa shape index (κ1) is 21.5. The number of rotatable bonds is 4. The fourth-order valence-corrected chi connectivity index (χ4v) is 5.23. The van der Waals surface area contributed by atoms with Gasteiger partial charge in [0.25, 0.3) is 17.7 Å². The molecule has 0 atom stereocenters. The molecular formula is C24H21N5O5S. The Bertz CT molecular complexity index is 1360. The number of aromatic nitrogens is 2. The van der Waals surface area contributed by atoms with Crippen LogP contribution in [0.2, 0.25) is 0 Å². The van der Waals surface area contributed by atoms with Gasteiger partial charge < -0.3 is 19.3 Å². The first-order valence-electron chi connectivity index (χ1n) is 11.2. The van der Waals surface area contributed by atoms with E-state index in [2.05, 4.69) is 15.1 Å². The zero-order chi connectivity index (χ0) is 24.1. The molecule has 1 saturated heterocycles. The molecule has 0 spiro atoms. The number of nitrogens with zero attached hydrogens (tertiary/aromatic N) is 5. The number of piperazine rings is 1. The quantitative estimate of drug-likeness (QED) is 0.512. The van der Waals surface area contributed by atoms with Gasteiger partial charge in [0.15, 0.2) is 11.5 Å². The molecule has 178 valence electrons. The van der Waals surface area contributed by atoms with Crippen molar-refractivity contribution in [2.24, 2.45) is 0 Å². The number of amides is 3. The van der Waals surface area contributed by atoms with E-state index in [1.54, 1.807) is 35.2 Å². The van der Waals surface area contributed by atoms with Crippen LogP contribution in [0.25, 0.3) is 0 Å². The number of imide groups is 1. The van der Waals surface area contributed by atoms with Gasteiger partial charge in [-0.15, -0.1) is 10.2 Å². The lowest BCUT2D eigenvalue weighted by molar-refractivity contribution is 0.0641. The van der Waals surface area contributed by atoms with Crippen molar-refractivity contribution in [1.29, 1.82) is 0 Å². The Hall–Kier alpha value is -3.99. The molecule has 0 bridgehead atoms. The van der Waals surface area contributed by atoms with Crippen LogP contribution < -0.4 is 14.4 Å². The SMILES string of the molecule is Cc1nnc(N2CCN(C(=O)c3ccc4c(c3)C(=O)N(Cc3ccc5c(c3)OCO5)C4=O)CC2)s1. The fourth-order valence-electron chi connectivity index (χ4n) is 4.49. The van der Waals surface area contributed by atoms with Crippen LogP contribution in [0.3, 0.4) is 0 Å². The van der Waals surface area contributed by atoms with Gasteiger partial charge in [-0.05, 0) is 42.8 Å². The average Bonchev–Trinajstić information content (AvgIpc) is 3.59.